The second-order valence-electron chi connectivity index (χ2n) is 6.41. The average Bonchev–Trinajstić information content (AvgIpc) is 2.87. The zero-order valence-corrected chi connectivity index (χ0v) is 15.7. The maximum atomic E-state index is 12.7. The molecule has 9 heteroatoms. The van der Waals surface area contributed by atoms with E-state index in [2.05, 4.69) is 10.1 Å². The van der Waals surface area contributed by atoms with E-state index in [-0.39, 0.29) is 17.6 Å². The van der Waals surface area contributed by atoms with Gasteiger partial charge in [-0.1, -0.05) is 18.5 Å². The van der Waals surface area contributed by atoms with Crippen molar-refractivity contribution in [3.63, 3.8) is 0 Å². The van der Waals surface area contributed by atoms with Crippen molar-refractivity contribution in [3.05, 3.63) is 28.1 Å². The maximum Gasteiger partial charge on any atom is 0.387 e. The van der Waals surface area contributed by atoms with Gasteiger partial charge in [-0.25, -0.2) is 0 Å². The first-order valence-corrected chi connectivity index (χ1v) is 9.19. The molecule has 1 saturated heterocycles. The molecule has 2 amide bonds. The normalized spacial score (nSPS) is 15.8. The SMILES string of the molecule is CCC(=O)NC1(C)CN(C(=O)c2sc3cc(OC(F)F)ccc3c2Cl)C1. The van der Waals surface area contributed by atoms with Gasteiger partial charge >= 0.3 is 6.61 Å². The van der Waals surface area contributed by atoms with Crippen molar-refractivity contribution < 1.29 is 23.1 Å². The van der Waals surface area contributed by atoms with Gasteiger partial charge in [0.2, 0.25) is 5.91 Å². The van der Waals surface area contributed by atoms with Crippen LogP contribution in [-0.2, 0) is 4.79 Å². The van der Waals surface area contributed by atoms with Crippen LogP contribution in [0, 0.1) is 0 Å². The zero-order valence-electron chi connectivity index (χ0n) is 14.1. The molecule has 1 fully saturated rings. The zero-order chi connectivity index (χ0) is 19.1. The van der Waals surface area contributed by atoms with Gasteiger partial charge < -0.3 is 15.0 Å². The molecule has 0 spiro atoms. The topological polar surface area (TPSA) is 58.6 Å². The van der Waals surface area contributed by atoms with E-state index < -0.39 is 12.2 Å². The van der Waals surface area contributed by atoms with E-state index in [1.54, 1.807) is 17.9 Å². The second kappa shape index (κ2) is 7.00. The lowest BCUT2D eigenvalue weighted by atomic mass is 9.91. The van der Waals surface area contributed by atoms with Crippen molar-refractivity contribution in [1.29, 1.82) is 0 Å². The molecule has 1 aromatic carbocycles. The van der Waals surface area contributed by atoms with E-state index in [1.165, 1.54) is 12.1 Å². The molecule has 0 bridgehead atoms. The number of amides is 2. The summed E-state index contributed by atoms with van der Waals surface area (Å²) in [5, 5.41) is 3.81. The van der Waals surface area contributed by atoms with Crippen LogP contribution in [0.4, 0.5) is 8.78 Å². The van der Waals surface area contributed by atoms with Gasteiger partial charge in [0.25, 0.3) is 5.91 Å². The van der Waals surface area contributed by atoms with E-state index in [0.29, 0.717) is 39.5 Å². The Balaban J connectivity index is 1.77. The molecule has 1 N–H and O–H groups in total. The monoisotopic (exact) mass is 402 g/mol. The third-order valence-corrected chi connectivity index (χ3v) is 5.79. The molecule has 1 aliphatic heterocycles. The van der Waals surface area contributed by atoms with Crippen LogP contribution < -0.4 is 10.1 Å². The Morgan fingerprint density at radius 3 is 2.73 bits per heavy atom. The minimum atomic E-state index is -2.92. The van der Waals surface area contributed by atoms with Crippen LogP contribution >= 0.6 is 22.9 Å². The number of rotatable bonds is 5. The van der Waals surface area contributed by atoms with E-state index in [9.17, 15) is 18.4 Å². The Labute approximate surface area is 157 Å². The lowest BCUT2D eigenvalue weighted by Crippen LogP contribution is -2.69. The van der Waals surface area contributed by atoms with Crippen LogP contribution in [-0.4, -0.2) is 42.0 Å². The molecule has 0 atom stereocenters. The molecule has 1 aliphatic rings. The third-order valence-electron chi connectivity index (χ3n) is 4.15. The summed E-state index contributed by atoms with van der Waals surface area (Å²) < 4.78 is 29.7. The van der Waals surface area contributed by atoms with Crippen LogP contribution in [0.5, 0.6) is 5.75 Å². The summed E-state index contributed by atoms with van der Waals surface area (Å²) >= 11 is 7.45. The fraction of sp³-hybridized carbons (Fsp3) is 0.412. The Morgan fingerprint density at radius 1 is 1.42 bits per heavy atom. The third kappa shape index (κ3) is 3.61. The number of fused-ring (bicyclic) bond motifs is 1. The lowest BCUT2D eigenvalue weighted by Gasteiger charge is -2.48. The predicted octanol–water partition coefficient (Wildman–Crippen LogP) is 3.90. The molecule has 2 aromatic rings. The highest BCUT2D eigenvalue weighted by Gasteiger charge is 2.43. The molecule has 0 aliphatic carbocycles. The number of carbonyl (C=O) groups excluding carboxylic acids is 2. The summed E-state index contributed by atoms with van der Waals surface area (Å²) in [7, 11) is 0. The number of nitrogens with zero attached hydrogens (tertiary/aromatic N) is 1. The van der Waals surface area contributed by atoms with E-state index in [0.717, 1.165) is 11.3 Å². The number of alkyl halides is 2. The molecular weight excluding hydrogens is 386 g/mol. The molecule has 140 valence electrons. The Kier molecular flexibility index (Phi) is 5.07. The summed E-state index contributed by atoms with van der Waals surface area (Å²) in [4.78, 5) is 26.2. The van der Waals surface area contributed by atoms with Crippen molar-refractivity contribution >= 4 is 44.8 Å². The van der Waals surface area contributed by atoms with E-state index in [1.807, 2.05) is 6.92 Å². The largest absolute Gasteiger partial charge is 0.435 e. The number of carbonyl (C=O) groups is 2. The Bertz CT molecular complexity index is 865. The Hall–Kier alpha value is -1.93. The van der Waals surface area contributed by atoms with Crippen LogP contribution in [0.1, 0.15) is 29.9 Å². The molecule has 1 aromatic heterocycles. The highest BCUT2D eigenvalue weighted by molar-refractivity contribution is 7.21. The van der Waals surface area contributed by atoms with Crippen molar-refractivity contribution in [2.24, 2.45) is 0 Å². The summed E-state index contributed by atoms with van der Waals surface area (Å²) in [5.41, 5.74) is -0.440. The first kappa shape index (κ1) is 18.8. The van der Waals surface area contributed by atoms with Gasteiger partial charge in [0, 0.05) is 29.6 Å². The molecule has 2 heterocycles. The number of nitrogens with one attached hydrogen (secondary N) is 1. The fourth-order valence-electron chi connectivity index (χ4n) is 2.95. The minimum Gasteiger partial charge on any atom is -0.435 e. The molecule has 5 nitrogen and oxygen atoms in total. The number of thiophene rings is 1. The number of hydrogen-bond acceptors (Lipinski definition) is 4. The predicted molar refractivity (Wildman–Crippen MR) is 96.2 cm³/mol. The van der Waals surface area contributed by atoms with Gasteiger partial charge in [0.1, 0.15) is 10.6 Å². The van der Waals surface area contributed by atoms with Crippen molar-refractivity contribution in [2.45, 2.75) is 32.4 Å². The fourth-order valence-corrected chi connectivity index (χ4v) is 4.46. The van der Waals surface area contributed by atoms with Crippen molar-refractivity contribution in [1.82, 2.24) is 10.2 Å². The average molecular weight is 403 g/mol. The standard InChI is InChI=1S/C17H17ClF2N2O3S/c1-3-12(23)21-17(2)7-22(8-17)15(24)14-13(18)10-5-4-9(25-16(19)20)6-11(10)26-14/h4-6,16H,3,7-8H2,1-2H3,(H,21,23). The van der Waals surface area contributed by atoms with Gasteiger partial charge in [-0.3, -0.25) is 9.59 Å². The Morgan fingerprint density at radius 2 is 2.12 bits per heavy atom. The minimum absolute atomic E-state index is 0.0169. The van der Waals surface area contributed by atoms with Gasteiger partial charge in [0.05, 0.1) is 10.6 Å². The van der Waals surface area contributed by atoms with Crippen molar-refractivity contribution in [2.75, 3.05) is 13.1 Å². The molecular formula is C17H17ClF2N2O3S. The number of ether oxygens (including phenoxy) is 1. The first-order valence-electron chi connectivity index (χ1n) is 7.99. The summed E-state index contributed by atoms with van der Waals surface area (Å²) in [6, 6.07) is 4.39. The molecule has 0 unspecified atom stereocenters. The summed E-state index contributed by atoms with van der Waals surface area (Å²) in [6.07, 6.45) is 0.384. The van der Waals surface area contributed by atoms with Crippen LogP contribution in [0.15, 0.2) is 18.2 Å². The summed E-state index contributed by atoms with van der Waals surface area (Å²) in [6.45, 7) is 1.51. The van der Waals surface area contributed by atoms with Crippen LogP contribution in [0.2, 0.25) is 5.02 Å². The van der Waals surface area contributed by atoms with E-state index in [4.69, 9.17) is 11.6 Å². The molecule has 0 saturated carbocycles. The number of hydrogen-bond donors (Lipinski definition) is 1. The quantitative estimate of drug-likeness (QED) is 0.825. The highest BCUT2D eigenvalue weighted by Crippen LogP contribution is 2.39. The maximum absolute atomic E-state index is 12.7. The number of benzene rings is 1. The van der Waals surface area contributed by atoms with Gasteiger partial charge in [-0.15, -0.1) is 11.3 Å². The second-order valence-corrected chi connectivity index (χ2v) is 7.84. The lowest BCUT2D eigenvalue weighted by molar-refractivity contribution is -0.124. The molecule has 3 rings (SSSR count). The molecule has 0 radical (unpaired) electrons. The number of halogens is 3. The highest BCUT2D eigenvalue weighted by atomic mass is 35.5. The van der Waals surface area contributed by atoms with E-state index >= 15 is 0 Å². The van der Waals surface area contributed by atoms with Crippen LogP contribution in [0.3, 0.4) is 0 Å². The van der Waals surface area contributed by atoms with Gasteiger partial charge in [-0.05, 0) is 25.1 Å². The molecule has 26 heavy (non-hydrogen) atoms. The summed E-state index contributed by atoms with van der Waals surface area (Å²) in [5.74, 6) is -0.287. The van der Waals surface area contributed by atoms with Gasteiger partial charge in [-0.2, -0.15) is 8.78 Å². The van der Waals surface area contributed by atoms with Crippen LogP contribution in [0.25, 0.3) is 10.1 Å². The first-order chi connectivity index (χ1) is 12.2. The number of likely N-dealkylation sites (tertiary alicyclic amines) is 1. The smallest absolute Gasteiger partial charge is 0.387 e. The van der Waals surface area contributed by atoms with Gasteiger partial charge in [0.15, 0.2) is 0 Å². The van der Waals surface area contributed by atoms with Crippen molar-refractivity contribution in [3.8, 4) is 5.75 Å².